The van der Waals surface area contributed by atoms with Crippen LogP contribution in [0.2, 0.25) is 0 Å². The Morgan fingerprint density at radius 1 is 1.44 bits per heavy atom. The summed E-state index contributed by atoms with van der Waals surface area (Å²) in [4.78, 5) is 12.2. The summed E-state index contributed by atoms with van der Waals surface area (Å²) >= 11 is 1.81. The van der Waals surface area contributed by atoms with Gasteiger partial charge in [0.15, 0.2) is 0 Å². The zero-order valence-corrected chi connectivity index (χ0v) is 11.5. The monoisotopic (exact) mass is 267 g/mol. The first-order valence-corrected chi connectivity index (χ1v) is 7.50. The van der Waals surface area contributed by atoms with Crippen molar-refractivity contribution in [1.82, 2.24) is 5.32 Å². The number of thioether (sulfide) groups is 1. The van der Waals surface area contributed by atoms with Crippen molar-refractivity contribution in [1.29, 1.82) is 0 Å². The highest BCUT2D eigenvalue weighted by Crippen LogP contribution is 2.28. The Morgan fingerprint density at radius 3 is 2.89 bits per heavy atom. The van der Waals surface area contributed by atoms with Crippen molar-refractivity contribution < 1.29 is 9.18 Å². The smallest absolute Gasteiger partial charge is 0.251 e. The lowest BCUT2D eigenvalue weighted by Crippen LogP contribution is -2.38. The molecule has 1 N–H and O–H groups in total. The van der Waals surface area contributed by atoms with Crippen LogP contribution < -0.4 is 5.32 Å². The molecule has 1 amide bonds. The van der Waals surface area contributed by atoms with Crippen LogP contribution in [0, 0.1) is 12.7 Å². The van der Waals surface area contributed by atoms with Gasteiger partial charge in [-0.15, -0.1) is 0 Å². The summed E-state index contributed by atoms with van der Waals surface area (Å²) in [7, 11) is 0. The minimum Gasteiger partial charge on any atom is -0.348 e. The molecule has 0 saturated heterocycles. The van der Waals surface area contributed by atoms with Gasteiger partial charge in [-0.25, -0.2) is 4.39 Å². The van der Waals surface area contributed by atoms with Gasteiger partial charge in [0, 0.05) is 16.9 Å². The van der Waals surface area contributed by atoms with Gasteiger partial charge >= 0.3 is 0 Å². The van der Waals surface area contributed by atoms with Gasteiger partial charge in [0.1, 0.15) is 5.82 Å². The van der Waals surface area contributed by atoms with Gasteiger partial charge in [-0.2, -0.15) is 11.8 Å². The summed E-state index contributed by atoms with van der Waals surface area (Å²) in [5.74, 6) is -0.384. The molecular weight excluding hydrogens is 249 g/mol. The number of rotatable bonds is 3. The molecule has 0 aliphatic heterocycles. The van der Waals surface area contributed by atoms with Crippen molar-refractivity contribution in [2.24, 2.45) is 0 Å². The lowest BCUT2D eigenvalue weighted by atomic mass is 10.1. The maximum Gasteiger partial charge on any atom is 0.251 e. The van der Waals surface area contributed by atoms with Gasteiger partial charge < -0.3 is 5.32 Å². The molecule has 2 rings (SSSR count). The van der Waals surface area contributed by atoms with Crippen LogP contribution in [-0.2, 0) is 0 Å². The molecule has 0 spiro atoms. The first-order chi connectivity index (χ1) is 8.61. The van der Waals surface area contributed by atoms with E-state index in [0.717, 1.165) is 12.8 Å². The molecule has 2 unspecified atom stereocenters. The van der Waals surface area contributed by atoms with Crippen LogP contribution in [0.1, 0.15) is 35.2 Å². The number of carbonyl (C=O) groups excluding carboxylic acids is 1. The van der Waals surface area contributed by atoms with Crippen LogP contribution in [0.3, 0.4) is 0 Å². The summed E-state index contributed by atoms with van der Waals surface area (Å²) in [6, 6.07) is 4.54. The van der Waals surface area contributed by atoms with E-state index in [1.54, 1.807) is 13.0 Å². The second kappa shape index (κ2) is 5.74. The summed E-state index contributed by atoms with van der Waals surface area (Å²) in [6.07, 6.45) is 5.45. The second-order valence-electron chi connectivity index (χ2n) is 4.74. The van der Waals surface area contributed by atoms with Crippen molar-refractivity contribution in [3.8, 4) is 0 Å². The Labute approximate surface area is 111 Å². The fourth-order valence-electron chi connectivity index (χ4n) is 2.50. The van der Waals surface area contributed by atoms with Crippen LogP contribution in [0.25, 0.3) is 0 Å². The van der Waals surface area contributed by atoms with Crippen LogP contribution in [0.4, 0.5) is 4.39 Å². The molecule has 2 nitrogen and oxygen atoms in total. The van der Waals surface area contributed by atoms with E-state index in [2.05, 4.69) is 11.6 Å². The fourth-order valence-corrected chi connectivity index (χ4v) is 3.44. The summed E-state index contributed by atoms with van der Waals surface area (Å²) in [6.45, 7) is 1.76. The molecule has 98 valence electrons. The van der Waals surface area contributed by atoms with E-state index >= 15 is 0 Å². The third-order valence-corrected chi connectivity index (χ3v) is 4.67. The van der Waals surface area contributed by atoms with Gasteiger partial charge in [-0.1, -0.05) is 6.42 Å². The second-order valence-corrected chi connectivity index (χ2v) is 5.82. The predicted molar refractivity (Wildman–Crippen MR) is 73.5 cm³/mol. The molecule has 1 aromatic rings. The highest BCUT2D eigenvalue weighted by atomic mass is 32.2. The summed E-state index contributed by atoms with van der Waals surface area (Å²) < 4.78 is 13.0. The van der Waals surface area contributed by atoms with Crippen LogP contribution in [0.5, 0.6) is 0 Å². The summed E-state index contributed by atoms with van der Waals surface area (Å²) in [5.41, 5.74) is 1.26. The first kappa shape index (κ1) is 13.4. The molecule has 4 heteroatoms. The molecule has 1 aliphatic carbocycles. The quantitative estimate of drug-likeness (QED) is 0.911. The fraction of sp³-hybridized carbons (Fsp3) is 0.500. The average molecular weight is 267 g/mol. The minimum atomic E-state index is -0.299. The highest BCUT2D eigenvalue weighted by Gasteiger charge is 2.28. The van der Waals surface area contributed by atoms with E-state index in [4.69, 9.17) is 0 Å². The van der Waals surface area contributed by atoms with E-state index in [1.165, 1.54) is 18.6 Å². The molecule has 1 fully saturated rings. The molecule has 1 aromatic carbocycles. The maximum atomic E-state index is 13.0. The number of amides is 1. The van der Waals surface area contributed by atoms with Gasteiger partial charge in [0.2, 0.25) is 0 Å². The van der Waals surface area contributed by atoms with Crippen molar-refractivity contribution in [2.45, 2.75) is 37.5 Å². The maximum absolute atomic E-state index is 13.0. The van der Waals surface area contributed by atoms with E-state index in [9.17, 15) is 9.18 Å². The van der Waals surface area contributed by atoms with Crippen molar-refractivity contribution >= 4 is 17.7 Å². The number of hydrogen-bond acceptors (Lipinski definition) is 2. The van der Waals surface area contributed by atoms with Crippen molar-refractivity contribution in [3.63, 3.8) is 0 Å². The Morgan fingerprint density at radius 2 is 2.22 bits per heavy atom. The van der Waals surface area contributed by atoms with Crippen molar-refractivity contribution in [2.75, 3.05) is 6.26 Å². The number of aryl methyl sites for hydroxylation is 1. The van der Waals surface area contributed by atoms with Gasteiger partial charge in [-0.05, 0) is 49.8 Å². The van der Waals surface area contributed by atoms with E-state index < -0.39 is 0 Å². The molecule has 1 aliphatic rings. The third-order valence-electron chi connectivity index (χ3n) is 3.50. The standard InChI is InChI=1S/C14H18FNOS/c1-9-8-10(15)6-7-11(9)14(17)16-12-4-3-5-13(12)18-2/h6-8,12-13H,3-5H2,1-2H3,(H,16,17). The molecule has 2 atom stereocenters. The van der Waals surface area contributed by atoms with E-state index in [-0.39, 0.29) is 17.8 Å². The number of nitrogens with one attached hydrogen (secondary N) is 1. The first-order valence-electron chi connectivity index (χ1n) is 6.21. The van der Waals surface area contributed by atoms with Crippen LogP contribution >= 0.6 is 11.8 Å². The van der Waals surface area contributed by atoms with Crippen LogP contribution in [0.15, 0.2) is 18.2 Å². The lowest BCUT2D eigenvalue weighted by molar-refractivity contribution is 0.0938. The van der Waals surface area contributed by atoms with E-state index in [0.29, 0.717) is 16.4 Å². The Kier molecular flexibility index (Phi) is 4.27. The summed E-state index contributed by atoms with van der Waals surface area (Å²) in [5, 5.41) is 3.58. The SMILES string of the molecule is CSC1CCCC1NC(=O)c1ccc(F)cc1C. The number of hydrogen-bond donors (Lipinski definition) is 1. The third kappa shape index (κ3) is 2.86. The zero-order valence-electron chi connectivity index (χ0n) is 10.7. The highest BCUT2D eigenvalue weighted by molar-refractivity contribution is 7.99. The molecule has 0 heterocycles. The molecule has 0 bridgehead atoms. The van der Waals surface area contributed by atoms with Gasteiger partial charge in [0.05, 0.1) is 0 Å². The Bertz CT molecular complexity index is 449. The molecule has 0 aromatic heterocycles. The predicted octanol–water partition coefficient (Wildman–Crippen LogP) is 3.15. The van der Waals surface area contributed by atoms with Crippen molar-refractivity contribution in [3.05, 3.63) is 35.1 Å². The van der Waals surface area contributed by atoms with Crippen LogP contribution in [-0.4, -0.2) is 23.5 Å². The van der Waals surface area contributed by atoms with Gasteiger partial charge in [-0.3, -0.25) is 4.79 Å². The molecule has 0 radical (unpaired) electrons. The molecule has 1 saturated carbocycles. The molecule has 18 heavy (non-hydrogen) atoms. The Hall–Kier alpha value is -1.03. The minimum absolute atomic E-state index is 0.0848. The van der Waals surface area contributed by atoms with Gasteiger partial charge in [0.25, 0.3) is 5.91 Å². The lowest BCUT2D eigenvalue weighted by Gasteiger charge is -2.19. The topological polar surface area (TPSA) is 29.1 Å². The normalized spacial score (nSPS) is 23.1. The Balaban J connectivity index is 2.07. The van der Waals surface area contributed by atoms with E-state index in [1.807, 2.05) is 11.8 Å². The molecular formula is C14H18FNOS. The number of halogens is 1. The zero-order chi connectivity index (χ0) is 13.1. The average Bonchev–Trinajstić information content (AvgIpc) is 2.76. The number of benzene rings is 1. The number of carbonyl (C=O) groups is 1. The largest absolute Gasteiger partial charge is 0.348 e.